The number of carbonyl (C=O) groups excluding carboxylic acids is 4. The number of carbonyl (C=O) groups is 4. The van der Waals surface area contributed by atoms with Crippen LogP contribution in [0.15, 0.2) is 18.2 Å². The van der Waals surface area contributed by atoms with Crippen molar-refractivity contribution in [1.29, 1.82) is 0 Å². The molecule has 0 bridgehead atoms. The highest BCUT2D eigenvalue weighted by atomic mass is 16.7. The molecule has 3 aliphatic rings. The Labute approximate surface area is 193 Å². The summed E-state index contributed by atoms with van der Waals surface area (Å²) in [6.07, 6.45) is 1.87. The van der Waals surface area contributed by atoms with E-state index >= 15 is 0 Å². The van der Waals surface area contributed by atoms with Crippen molar-refractivity contribution in [3.8, 4) is 0 Å². The molecule has 9 nitrogen and oxygen atoms in total. The molecule has 1 saturated heterocycles. The number of esters is 1. The lowest BCUT2D eigenvalue weighted by molar-refractivity contribution is -0.160. The molecule has 4 rings (SSSR count). The average Bonchev–Trinajstić information content (AvgIpc) is 3.32. The maximum absolute atomic E-state index is 13.6. The van der Waals surface area contributed by atoms with Crippen LogP contribution >= 0.6 is 0 Å². The number of ether oxygens (including phenoxy) is 2. The summed E-state index contributed by atoms with van der Waals surface area (Å²) in [7, 11) is 1.41. The minimum Gasteiger partial charge on any atom is -0.433 e. The molecular formula is C24H31N3O6. The topological polar surface area (TPSA) is 114 Å². The number of nitrogens with zero attached hydrogens (tertiary/aromatic N) is 1. The fraction of sp³-hybridized carbons (Fsp3) is 0.583. The zero-order chi connectivity index (χ0) is 23.7. The molecule has 1 fully saturated rings. The largest absolute Gasteiger partial charge is 0.433 e. The molecule has 178 valence electrons. The van der Waals surface area contributed by atoms with Gasteiger partial charge in [0.1, 0.15) is 18.1 Å². The van der Waals surface area contributed by atoms with Gasteiger partial charge < -0.3 is 20.1 Å². The van der Waals surface area contributed by atoms with Crippen molar-refractivity contribution in [3.05, 3.63) is 29.3 Å². The van der Waals surface area contributed by atoms with Crippen molar-refractivity contribution in [2.24, 2.45) is 5.92 Å². The number of nitrogens with one attached hydrogen (secondary N) is 2. The van der Waals surface area contributed by atoms with Crippen molar-refractivity contribution in [2.45, 2.75) is 76.8 Å². The van der Waals surface area contributed by atoms with Crippen LogP contribution in [0.3, 0.4) is 0 Å². The molecule has 33 heavy (non-hydrogen) atoms. The van der Waals surface area contributed by atoms with Crippen molar-refractivity contribution in [3.63, 3.8) is 0 Å². The Hall–Kier alpha value is -2.94. The number of hydrogen-bond acceptors (Lipinski definition) is 6. The monoisotopic (exact) mass is 457 g/mol. The lowest BCUT2D eigenvalue weighted by Crippen LogP contribution is -2.56. The van der Waals surface area contributed by atoms with Crippen LogP contribution < -0.4 is 15.5 Å². The van der Waals surface area contributed by atoms with Crippen LogP contribution in [-0.4, -0.2) is 55.2 Å². The fourth-order valence-electron chi connectivity index (χ4n) is 4.83. The van der Waals surface area contributed by atoms with Crippen LogP contribution in [0, 0.1) is 5.92 Å². The molecule has 3 aliphatic heterocycles. The number of benzene rings is 1. The van der Waals surface area contributed by atoms with Crippen LogP contribution in [0.25, 0.3) is 0 Å². The average molecular weight is 458 g/mol. The predicted octanol–water partition coefficient (Wildman–Crippen LogP) is 1.22. The van der Waals surface area contributed by atoms with Gasteiger partial charge in [0, 0.05) is 20.0 Å². The molecule has 0 unspecified atom stereocenters. The molecule has 9 heteroatoms. The minimum absolute atomic E-state index is 0.0113. The minimum atomic E-state index is -0.854. The highest BCUT2D eigenvalue weighted by Gasteiger charge is 2.45. The number of cyclic esters (lactones) is 1. The Morgan fingerprint density at radius 2 is 1.97 bits per heavy atom. The Morgan fingerprint density at radius 3 is 2.70 bits per heavy atom. The summed E-state index contributed by atoms with van der Waals surface area (Å²) in [4.78, 5) is 52.7. The maximum Gasteiger partial charge on any atom is 0.310 e. The number of aryl methyl sites for hydroxylation is 1. The van der Waals surface area contributed by atoms with E-state index in [-0.39, 0.29) is 30.1 Å². The molecular weight excluding hydrogens is 426 g/mol. The van der Waals surface area contributed by atoms with Gasteiger partial charge in [0.05, 0.1) is 12.1 Å². The smallest absolute Gasteiger partial charge is 0.310 e. The van der Waals surface area contributed by atoms with Crippen LogP contribution in [0.5, 0.6) is 0 Å². The van der Waals surface area contributed by atoms with Gasteiger partial charge in [0.15, 0.2) is 0 Å². The van der Waals surface area contributed by atoms with Crippen LogP contribution in [0.2, 0.25) is 0 Å². The zero-order valence-electron chi connectivity index (χ0n) is 19.3. The summed E-state index contributed by atoms with van der Waals surface area (Å²) in [5.41, 5.74) is 2.68. The molecule has 3 heterocycles. The molecule has 1 aromatic carbocycles. The van der Waals surface area contributed by atoms with E-state index in [0.29, 0.717) is 25.7 Å². The third-order valence-electron chi connectivity index (χ3n) is 6.80. The lowest BCUT2D eigenvalue weighted by Gasteiger charge is -2.29. The van der Waals surface area contributed by atoms with Gasteiger partial charge in [-0.15, -0.1) is 0 Å². The highest BCUT2D eigenvalue weighted by Crippen LogP contribution is 2.39. The van der Waals surface area contributed by atoms with E-state index in [1.54, 1.807) is 4.90 Å². The van der Waals surface area contributed by atoms with Gasteiger partial charge in [-0.25, -0.2) is 0 Å². The first kappa shape index (κ1) is 23.2. The molecule has 1 aromatic rings. The third-order valence-corrected chi connectivity index (χ3v) is 6.80. The number of amides is 3. The van der Waals surface area contributed by atoms with Crippen LogP contribution in [0.4, 0.5) is 5.69 Å². The Kier molecular flexibility index (Phi) is 6.69. The van der Waals surface area contributed by atoms with Crippen LogP contribution in [0.1, 0.15) is 50.7 Å². The van der Waals surface area contributed by atoms with Gasteiger partial charge in [0.25, 0.3) is 0 Å². The summed E-state index contributed by atoms with van der Waals surface area (Å²) >= 11 is 0. The van der Waals surface area contributed by atoms with E-state index < -0.39 is 30.4 Å². The summed E-state index contributed by atoms with van der Waals surface area (Å²) in [5, 5.41) is 5.74. The molecule has 0 aliphatic carbocycles. The van der Waals surface area contributed by atoms with E-state index in [1.807, 2.05) is 32.0 Å². The first-order valence-corrected chi connectivity index (χ1v) is 11.6. The number of rotatable bonds is 7. The molecule has 2 N–H and O–H groups in total. The lowest BCUT2D eigenvalue weighted by atomic mass is 10.0. The van der Waals surface area contributed by atoms with E-state index in [9.17, 15) is 19.2 Å². The predicted molar refractivity (Wildman–Crippen MR) is 119 cm³/mol. The Bertz CT molecular complexity index is 964. The fourth-order valence-corrected chi connectivity index (χ4v) is 4.83. The van der Waals surface area contributed by atoms with E-state index in [0.717, 1.165) is 23.2 Å². The van der Waals surface area contributed by atoms with Gasteiger partial charge in [-0.3, -0.25) is 24.1 Å². The van der Waals surface area contributed by atoms with Crippen molar-refractivity contribution in [2.75, 3.05) is 12.0 Å². The van der Waals surface area contributed by atoms with E-state index in [1.165, 1.54) is 7.11 Å². The summed E-state index contributed by atoms with van der Waals surface area (Å²) < 4.78 is 10.2. The van der Waals surface area contributed by atoms with Crippen LogP contribution in [-0.2, 0) is 41.5 Å². The summed E-state index contributed by atoms with van der Waals surface area (Å²) in [5.74, 6) is -1.02. The van der Waals surface area contributed by atoms with Gasteiger partial charge in [-0.1, -0.05) is 38.5 Å². The zero-order valence-corrected chi connectivity index (χ0v) is 19.3. The van der Waals surface area contributed by atoms with Crippen molar-refractivity contribution < 1.29 is 28.7 Å². The van der Waals surface area contributed by atoms with Gasteiger partial charge >= 0.3 is 5.97 Å². The standard InChI is InChI=1S/C24H31N3O6/c1-4-13(2)10-19(28)25-16-9-8-14-6-5-7-15-11-18(27(21(14)15)23(16)31)22(30)26-17-12-20(29)33-24(17)32-3/h5-7,13,16-18,24H,4,8-12H2,1-3H3,(H,25,28)(H,26,30)/t13-,16-,17-,18-,24+/m0/s1. The second-order valence-corrected chi connectivity index (χ2v) is 9.14. The molecule has 3 amide bonds. The third kappa shape index (κ3) is 4.59. The first-order valence-electron chi connectivity index (χ1n) is 11.6. The molecule has 0 aromatic heterocycles. The summed E-state index contributed by atoms with van der Waals surface area (Å²) in [6.45, 7) is 4.03. The van der Waals surface area contributed by atoms with Gasteiger partial charge in [-0.2, -0.15) is 0 Å². The van der Waals surface area contributed by atoms with E-state index in [4.69, 9.17) is 9.47 Å². The molecule has 5 atom stereocenters. The first-order chi connectivity index (χ1) is 15.8. The number of para-hydroxylation sites is 1. The SMILES string of the molecule is CC[C@H](C)CC(=O)N[C@H]1CCc2cccc3c2N(C1=O)[C@H](C(=O)N[C@H]1CC(=O)O[C@H]1OC)C3. The molecule has 0 saturated carbocycles. The van der Waals surface area contributed by atoms with Gasteiger partial charge in [-0.05, 0) is 29.9 Å². The number of hydrogen-bond donors (Lipinski definition) is 2. The molecule has 0 spiro atoms. The number of methoxy groups -OCH3 is 1. The Morgan fingerprint density at radius 1 is 1.21 bits per heavy atom. The number of anilines is 1. The quantitative estimate of drug-likeness (QED) is 0.595. The second-order valence-electron chi connectivity index (χ2n) is 9.14. The highest BCUT2D eigenvalue weighted by molar-refractivity contribution is 6.08. The second kappa shape index (κ2) is 9.51. The molecule has 0 radical (unpaired) electrons. The summed E-state index contributed by atoms with van der Waals surface area (Å²) in [6, 6.07) is 3.74. The van der Waals surface area contributed by atoms with Gasteiger partial charge in [0.2, 0.25) is 24.0 Å². The van der Waals surface area contributed by atoms with Crippen molar-refractivity contribution in [1.82, 2.24) is 10.6 Å². The van der Waals surface area contributed by atoms with Crippen molar-refractivity contribution >= 4 is 29.4 Å². The normalized spacial score (nSPS) is 26.9. The maximum atomic E-state index is 13.6. The Balaban J connectivity index is 1.56. The van der Waals surface area contributed by atoms with E-state index in [2.05, 4.69) is 10.6 Å².